The molecule has 0 unspecified atom stereocenters. The summed E-state index contributed by atoms with van der Waals surface area (Å²) in [5.74, 6) is 0.722. The molecule has 6 heteroatoms. The summed E-state index contributed by atoms with van der Waals surface area (Å²) in [6.07, 6.45) is 5.11. The van der Waals surface area contributed by atoms with Crippen LogP contribution in [0.4, 0.5) is 0 Å². The lowest BCUT2D eigenvalue weighted by Crippen LogP contribution is -2.37. The summed E-state index contributed by atoms with van der Waals surface area (Å²) < 4.78 is 0. The van der Waals surface area contributed by atoms with Gasteiger partial charge in [0.25, 0.3) is 0 Å². The second-order valence-electron chi connectivity index (χ2n) is 7.06. The van der Waals surface area contributed by atoms with Gasteiger partial charge in [-0.2, -0.15) is 0 Å². The molecule has 1 aliphatic carbocycles. The summed E-state index contributed by atoms with van der Waals surface area (Å²) in [4.78, 5) is 17.1. The quantitative estimate of drug-likeness (QED) is 0.863. The van der Waals surface area contributed by atoms with E-state index in [9.17, 15) is 4.79 Å². The highest BCUT2D eigenvalue weighted by atomic mass is 35.5. The number of hydrogen-bond donors (Lipinski definition) is 1. The van der Waals surface area contributed by atoms with Crippen molar-refractivity contribution in [1.29, 1.82) is 0 Å². The van der Waals surface area contributed by atoms with Gasteiger partial charge in [0.15, 0.2) is 0 Å². The third kappa shape index (κ3) is 6.45. The van der Waals surface area contributed by atoms with Crippen molar-refractivity contribution in [3.63, 3.8) is 0 Å². The summed E-state index contributed by atoms with van der Waals surface area (Å²) in [6.45, 7) is 4.77. The number of carbonyl (C=O) groups is 1. The van der Waals surface area contributed by atoms with Gasteiger partial charge in [0.1, 0.15) is 0 Å². The van der Waals surface area contributed by atoms with E-state index in [0.717, 1.165) is 52.0 Å². The Hall–Kier alpha value is -0.810. The molecule has 1 aliphatic heterocycles. The fourth-order valence-electron chi connectivity index (χ4n) is 3.89. The molecule has 1 aromatic carbocycles. The van der Waals surface area contributed by atoms with E-state index in [2.05, 4.69) is 40.1 Å². The first-order valence-electron chi connectivity index (χ1n) is 9.02. The smallest absolute Gasteiger partial charge is 0.222 e. The average Bonchev–Trinajstić information content (AvgIpc) is 2.82. The first-order valence-corrected chi connectivity index (χ1v) is 9.02. The van der Waals surface area contributed by atoms with E-state index in [1.807, 2.05) is 0 Å². The molecule has 2 fully saturated rings. The van der Waals surface area contributed by atoms with Gasteiger partial charge in [0, 0.05) is 45.2 Å². The Kier molecular flexibility index (Phi) is 9.80. The van der Waals surface area contributed by atoms with Crippen LogP contribution in [0.15, 0.2) is 30.3 Å². The van der Waals surface area contributed by atoms with Gasteiger partial charge in [0.05, 0.1) is 0 Å². The maximum atomic E-state index is 12.6. The van der Waals surface area contributed by atoms with Crippen molar-refractivity contribution in [3.05, 3.63) is 35.9 Å². The van der Waals surface area contributed by atoms with E-state index in [-0.39, 0.29) is 30.9 Å². The van der Waals surface area contributed by atoms with Gasteiger partial charge in [-0.1, -0.05) is 36.8 Å². The third-order valence-electron chi connectivity index (χ3n) is 5.34. The lowest BCUT2D eigenvalue weighted by molar-refractivity contribution is -0.132. The molecule has 0 aromatic heterocycles. The highest BCUT2D eigenvalue weighted by Gasteiger charge is 2.28. The lowest BCUT2D eigenvalue weighted by atomic mass is 9.99. The first-order chi connectivity index (χ1) is 11.2. The van der Waals surface area contributed by atoms with Crippen molar-refractivity contribution in [2.45, 2.75) is 44.7 Å². The monoisotopic (exact) mass is 387 g/mol. The molecule has 3 rings (SSSR count). The summed E-state index contributed by atoms with van der Waals surface area (Å²) >= 11 is 0. The Balaban J connectivity index is 0.00000156. The van der Waals surface area contributed by atoms with Crippen LogP contribution in [0, 0.1) is 5.92 Å². The maximum Gasteiger partial charge on any atom is 0.222 e. The minimum atomic E-state index is 0. The number of halogens is 2. The van der Waals surface area contributed by atoms with Gasteiger partial charge < -0.3 is 10.6 Å². The van der Waals surface area contributed by atoms with Crippen molar-refractivity contribution < 1.29 is 4.79 Å². The number of amides is 1. The molecule has 2 N–H and O–H groups in total. The molecule has 142 valence electrons. The normalized spacial score (nSPS) is 24.1. The molecule has 2 aliphatic rings. The number of carbonyl (C=O) groups excluding carboxylic acids is 1. The molecule has 2 atom stereocenters. The summed E-state index contributed by atoms with van der Waals surface area (Å²) in [7, 11) is 0. The number of benzene rings is 1. The molecule has 4 nitrogen and oxygen atoms in total. The molecule has 25 heavy (non-hydrogen) atoms. The fraction of sp³-hybridized carbons (Fsp3) is 0.632. The Morgan fingerprint density at radius 2 is 1.76 bits per heavy atom. The van der Waals surface area contributed by atoms with E-state index >= 15 is 0 Å². The molecule has 0 spiro atoms. The van der Waals surface area contributed by atoms with E-state index in [1.165, 1.54) is 12.0 Å². The predicted molar refractivity (Wildman–Crippen MR) is 107 cm³/mol. The molecule has 0 radical (unpaired) electrons. The third-order valence-corrected chi connectivity index (χ3v) is 5.34. The van der Waals surface area contributed by atoms with Gasteiger partial charge in [-0.25, -0.2) is 0 Å². The second-order valence-corrected chi connectivity index (χ2v) is 7.06. The van der Waals surface area contributed by atoms with Crippen molar-refractivity contribution in [1.82, 2.24) is 9.80 Å². The largest absolute Gasteiger partial charge is 0.341 e. The Morgan fingerprint density at radius 3 is 2.44 bits per heavy atom. The van der Waals surface area contributed by atoms with Crippen LogP contribution in [0.5, 0.6) is 0 Å². The van der Waals surface area contributed by atoms with Gasteiger partial charge in [-0.05, 0) is 30.7 Å². The van der Waals surface area contributed by atoms with Crippen LogP contribution >= 0.6 is 24.8 Å². The summed E-state index contributed by atoms with van der Waals surface area (Å²) in [5.41, 5.74) is 7.47. The topological polar surface area (TPSA) is 49.6 Å². The summed E-state index contributed by atoms with van der Waals surface area (Å²) in [6, 6.07) is 10.8. The zero-order valence-electron chi connectivity index (χ0n) is 14.8. The zero-order valence-corrected chi connectivity index (χ0v) is 16.4. The van der Waals surface area contributed by atoms with E-state index < -0.39 is 0 Å². The van der Waals surface area contributed by atoms with Crippen LogP contribution in [-0.2, 0) is 11.3 Å². The number of nitrogens with zero attached hydrogens (tertiary/aromatic N) is 2. The van der Waals surface area contributed by atoms with Crippen molar-refractivity contribution in [2.24, 2.45) is 11.7 Å². The zero-order chi connectivity index (χ0) is 16.1. The van der Waals surface area contributed by atoms with Crippen LogP contribution in [0.1, 0.15) is 37.7 Å². The SMILES string of the molecule is Cl.Cl.N[C@@H]1CCC[C@H]1CC(=O)N1CCCN(Cc2ccccc2)CC1. The minimum Gasteiger partial charge on any atom is -0.341 e. The van der Waals surface area contributed by atoms with Crippen molar-refractivity contribution in [3.8, 4) is 0 Å². The maximum absolute atomic E-state index is 12.6. The van der Waals surface area contributed by atoms with E-state index in [1.54, 1.807) is 0 Å². The minimum absolute atomic E-state index is 0. The average molecular weight is 388 g/mol. The van der Waals surface area contributed by atoms with E-state index in [0.29, 0.717) is 18.2 Å². The van der Waals surface area contributed by atoms with Gasteiger partial charge in [-0.3, -0.25) is 9.69 Å². The molecular weight excluding hydrogens is 357 g/mol. The Bertz CT molecular complexity index is 515. The molecule has 1 amide bonds. The van der Waals surface area contributed by atoms with Gasteiger partial charge >= 0.3 is 0 Å². The highest BCUT2D eigenvalue weighted by molar-refractivity contribution is 5.85. The number of rotatable bonds is 4. The standard InChI is InChI=1S/C19H29N3O.2ClH/c20-18-9-4-8-17(18)14-19(23)22-11-5-10-21(12-13-22)15-16-6-2-1-3-7-16;;/h1-3,6-7,17-18H,4-5,8-15,20H2;2*1H/t17-,18+;;/m0../s1. The first kappa shape index (κ1) is 22.2. The van der Waals surface area contributed by atoms with E-state index in [4.69, 9.17) is 5.73 Å². The van der Waals surface area contributed by atoms with Crippen LogP contribution in [-0.4, -0.2) is 47.9 Å². The van der Waals surface area contributed by atoms with Crippen LogP contribution < -0.4 is 5.73 Å². The molecule has 1 saturated heterocycles. The number of nitrogens with two attached hydrogens (primary N) is 1. The predicted octanol–water partition coefficient (Wildman–Crippen LogP) is 3.08. The molecule has 0 bridgehead atoms. The van der Waals surface area contributed by atoms with Crippen molar-refractivity contribution >= 4 is 30.7 Å². The Morgan fingerprint density at radius 1 is 1.00 bits per heavy atom. The lowest BCUT2D eigenvalue weighted by Gasteiger charge is -2.24. The molecule has 1 aromatic rings. The molecular formula is C19H31Cl2N3O. The fourth-order valence-corrected chi connectivity index (χ4v) is 3.89. The molecule has 1 saturated carbocycles. The highest BCUT2D eigenvalue weighted by Crippen LogP contribution is 2.27. The van der Waals surface area contributed by atoms with Crippen LogP contribution in [0.25, 0.3) is 0 Å². The summed E-state index contributed by atoms with van der Waals surface area (Å²) in [5, 5.41) is 0. The number of hydrogen-bond acceptors (Lipinski definition) is 3. The van der Waals surface area contributed by atoms with Gasteiger partial charge in [-0.15, -0.1) is 24.8 Å². The molecule has 1 heterocycles. The second kappa shape index (κ2) is 11.0. The van der Waals surface area contributed by atoms with Crippen molar-refractivity contribution in [2.75, 3.05) is 26.2 Å². The van der Waals surface area contributed by atoms with Gasteiger partial charge in [0.2, 0.25) is 5.91 Å². The Labute approximate surface area is 163 Å². The van der Waals surface area contributed by atoms with Crippen LogP contribution in [0.2, 0.25) is 0 Å². The van der Waals surface area contributed by atoms with Crippen LogP contribution in [0.3, 0.4) is 0 Å².